The number of hydrogen-bond donors (Lipinski definition) is 5. The molecule has 126 valence electrons. The van der Waals surface area contributed by atoms with Gasteiger partial charge < -0.3 is 25.4 Å². The number of carbonyl (C=O) groups excluding carboxylic acids is 1. The minimum Gasteiger partial charge on any atom is -0.394 e. The Hall–Kier alpha value is -1.88. The van der Waals surface area contributed by atoms with Gasteiger partial charge in [0.1, 0.15) is 12.3 Å². The molecule has 1 amide bonds. The van der Waals surface area contributed by atoms with Crippen molar-refractivity contribution in [3.05, 3.63) is 0 Å². The zero-order valence-electron chi connectivity index (χ0n) is 12.5. The van der Waals surface area contributed by atoms with Gasteiger partial charge in [-0.1, -0.05) is 0 Å². The van der Waals surface area contributed by atoms with Gasteiger partial charge in [0.25, 0.3) is 5.91 Å². The highest BCUT2D eigenvalue weighted by Crippen LogP contribution is 2.22. The van der Waals surface area contributed by atoms with Crippen LogP contribution in [0.2, 0.25) is 0 Å². The lowest BCUT2D eigenvalue weighted by Gasteiger charge is -2.37. The fourth-order valence-electron chi connectivity index (χ4n) is 2.78. The van der Waals surface area contributed by atoms with Crippen molar-refractivity contribution in [2.45, 2.75) is 50.5 Å². The number of fused-ring (bicyclic) bond motifs is 1. The lowest BCUT2D eigenvalue weighted by Crippen LogP contribution is -2.64. The summed E-state index contributed by atoms with van der Waals surface area (Å²) in [5.74, 6) is -0.576. The van der Waals surface area contributed by atoms with Crippen molar-refractivity contribution in [3.63, 3.8) is 0 Å². The molecule has 3 aliphatic heterocycles. The molecule has 0 aliphatic carbocycles. The third kappa shape index (κ3) is 2.85. The van der Waals surface area contributed by atoms with E-state index in [9.17, 15) is 15.0 Å². The summed E-state index contributed by atoms with van der Waals surface area (Å²) in [7, 11) is 0. The average Bonchev–Trinajstić information content (AvgIpc) is 2.83. The maximum atomic E-state index is 12.3. The van der Waals surface area contributed by atoms with Gasteiger partial charge in [0.2, 0.25) is 5.96 Å². The minimum atomic E-state index is -1.04. The molecule has 10 heteroatoms. The van der Waals surface area contributed by atoms with Crippen molar-refractivity contribution in [1.29, 1.82) is 5.41 Å². The smallest absolute Gasteiger partial charge is 0.284 e. The molecule has 2 saturated heterocycles. The SMILES string of the molecule is CC1CC(O)N2C(=O)C(=N)/C(=N\[C@H]3C[C@H](O)[C@@H](CO)O3)NC2=N1. The lowest BCUT2D eigenvalue weighted by atomic mass is 10.1. The quantitative estimate of drug-likeness (QED) is 0.388. The highest BCUT2D eigenvalue weighted by atomic mass is 16.5. The van der Waals surface area contributed by atoms with Crippen LogP contribution in [0, 0.1) is 5.41 Å². The lowest BCUT2D eigenvalue weighted by molar-refractivity contribution is -0.128. The van der Waals surface area contributed by atoms with Crippen molar-refractivity contribution in [2.24, 2.45) is 9.98 Å². The molecule has 0 aromatic rings. The first-order chi connectivity index (χ1) is 10.9. The van der Waals surface area contributed by atoms with E-state index in [4.69, 9.17) is 15.3 Å². The first-order valence-corrected chi connectivity index (χ1v) is 7.38. The van der Waals surface area contributed by atoms with E-state index in [-0.39, 0.29) is 30.9 Å². The summed E-state index contributed by atoms with van der Waals surface area (Å²) in [6, 6.07) is -0.173. The Balaban J connectivity index is 1.83. The van der Waals surface area contributed by atoms with E-state index >= 15 is 0 Å². The first-order valence-electron chi connectivity index (χ1n) is 7.38. The number of nitrogens with zero attached hydrogens (tertiary/aromatic N) is 3. The summed E-state index contributed by atoms with van der Waals surface area (Å²) in [5, 5.41) is 39.4. The van der Waals surface area contributed by atoms with E-state index in [0.29, 0.717) is 6.42 Å². The van der Waals surface area contributed by atoms with Crippen LogP contribution in [-0.4, -0.2) is 80.9 Å². The van der Waals surface area contributed by atoms with Crippen LogP contribution in [0.1, 0.15) is 19.8 Å². The van der Waals surface area contributed by atoms with E-state index in [0.717, 1.165) is 4.90 Å². The maximum absolute atomic E-state index is 12.3. The van der Waals surface area contributed by atoms with Crippen LogP contribution in [0.25, 0.3) is 0 Å². The number of aliphatic hydroxyl groups is 3. The molecule has 0 radical (unpaired) electrons. The number of amidine groups is 1. The van der Waals surface area contributed by atoms with Gasteiger partial charge in [0.15, 0.2) is 17.8 Å². The van der Waals surface area contributed by atoms with Crippen molar-refractivity contribution in [3.8, 4) is 0 Å². The summed E-state index contributed by atoms with van der Waals surface area (Å²) in [6.07, 6.45) is -2.94. The third-order valence-electron chi connectivity index (χ3n) is 3.98. The van der Waals surface area contributed by atoms with Gasteiger partial charge in [-0.25, -0.2) is 14.9 Å². The molecule has 5 N–H and O–H groups in total. The number of rotatable bonds is 2. The van der Waals surface area contributed by atoms with Crippen LogP contribution in [0.4, 0.5) is 0 Å². The van der Waals surface area contributed by atoms with Crippen LogP contribution in [0.5, 0.6) is 0 Å². The van der Waals surface area contributed by atoms with Gasteiger partial charge in [-0.3, -0.25) is 10.2 Å². The normalized spacial score (nSPS) is 39.3. The van der Waals surface area contributed by atoms with Crippen molar-refractivity contribution in [2.75, 3.05) is 6.61 Å². The molecule has 3 rings (SSSR count). The highest BCUT2D eigenvalue weighted by molar-refractivity contribution is 6.69. The number of hydrogen-bond acceptors (Lipinski definition) is 8. The summed E-state index contributed by atoms with van der Waals surface area (Å²) >= 11 is 0. The van der Waals surface area contributed by atoms with Gasteiger partial charge >= 0.3 is 0 Å². The second-order valence-corrected chi connectivity index (χ2v) is 5.79. The monoisotopic (exact) mass is 325 g/mol. The fourth-order valence-corrected chi connectivity index (χ4v) is 2.78. The number of aliphatic hydroxyl groups excluding tert-OH is 3. The summed E-state index contributed by atoms with van der Waals surface area (Å²) in [6.45, 7) is 1.47. The average molecular weight is 325 g/mol. The molecule has 10 nitrogen and oxygen atoms in total. The second-order valence-electron chi connectivity index (χ2n) is 5.79. The molecule has 0 spiro atoms. The largest absolute Gasteiger partial charge is 0.394 e. The minimum absolute atomic E-state index is 0.0258. The van der Waals surface area contributed by atoms with Crippen LogP contribution < -0.4 is 5.32 Å². The van der Waals surface area contributed by atoms with Gasteiger partial charge in [-0.15, -0.1) is 0 Å². The van der Waals surface area contributed by atoms with Crippen LogP contribution in [-0.2, 0) is 9.53 Å². The maximum Gasteiger partial charge on any atom is 0.284 e. The molecule has 3 heterocycles. The van der Waals surface area contributed by atoms with Crippen molar-refractivity contribution < 1.29 is 24.9 Å². The molecular weight excluding hydrogens is 306 g/mol. The predicted octanol–water partition coefficient (Wildman–Crippen LogP) is -2.23. The Labute approximate surface area is 132 Å². The molecule has 3 aliphatic rings. The Morgan fingerprint density at radius 3 is 2.87 bits per heavy atom. The zero-order chi connectivity index (χ0) is 16.7. The Morgan fingerprint density at radius 1 is 1.48 bits per heavy atom. The second kappa shape index (κ2) is 5.96. The number of guanidine groups is 1. The molecule has 0 saturated carbocycles. The van der Waals surface area contributed by atoms with Gasteiger partial charge in [-0.2, -0.15) is 0 Å². The third-order valence-corrected chi connectivity index (χ3v) is 3.98. The molecule has 0 bridgehead atoms. The van der Waals surface area contributed by atoms with Crippen LogP contribution in [0.15, 0.2) is 9.98 Å². The number of amides is 1. The van der Waals surface area contributed by atoms with Crippen LogP contribution in [0.3, 0.4) is 0 Å². The van der Waals surface area contributed by atoms with Gasteiger partial charge in [-0.05, 0) is 6.92 Å². The van der Waals surface area contributed by atoms with Crippen molar-refractivity contribution in [1.82, 2.24) is 10.2 Å². The zero-order valence-corrected chi connectivity index (χ0v) is 12.5. The summed E-state index contributed by atoms with van der Waals surface area (Å²) in [5.41, 5.74) is -0.414. The van der Waals surface area contributed by atoms with E-state index in [1.54, 1.807) is 6.92 Å². The Kier molecular flexibility index (Phi) is 4.15. The van der Waals surface area contributed by atoms with Crippen LogP contribution >= 0.6 is 0 Å². The number of carbonyl (C=O) groups is 1. The molecule has 2 unspecified atom stereocenters. The Bertz CT molecular complexity index is 591. The number of nitrogens with one attached hydrogen (secondary N) is 2. The van der Waals surface area contributed by atoms with E-state index < -0.39 is 36.3 Å². The van der Waals surface area contributed by atoms with Crippen molar-refractivity contribution >= 4 is 23.4 Å². The van der Waals surface area contributed by atoms with Gasteiger partial charge in [0.05, 0.1) is 18.8 Å². The summed E-state index contributed by atoms with van der Waals surface area (Å²) in [4.78, 5) is 21.7. The van der Waals surface area contributed by atoms with E-state index in [2.05, 4.69) is 15.3 Å². The standard InChI is InChI=1S/C13H19N5O5/c1-5-2-9(21)18-12(22)10(14)11(17-13(18)15-5)16-8-3-6(20)7(4-19)23-8/h5-9,14,19-21H,2-4H2,1H3,(H,15,16,17)/t5?,6-,7+,8+,9?/m0/s1. The molecule has 23 heavy (non-hydrogen) atoms. The fraction of sp³-hybridized carbons (Fsp3) is 0.692. The Morgan fingerprint density at radius 2 is 2.22 bits per heavy atom. The molecule has 0 aromatic carbocycles. The molecule has 5 atom stereocenters. The summed E-state index contributed by atoms with van der Waals surface area (Å²) < 4.78 is 5.35. The van der Waals surface area contributed by atoms with Gasteiger partial charge in [0, 0.05) is 12.8 Å². The molecular formula is C13H19N5O5. The predicted molar refractivity (Wildman–Crippen MR) is 79.0 cm³/mol. The molecule has 0 aromatic heterocycles. The number of aliphatic imine (C=N–C) groups is 2. The van der Waals surface area contributed by atoms with E-state index in [1.165, 1.54) is 0 Å². The topological polar surface area (TPSA) is 151 Å². The number of ether oxygens (including phenoxy) is 1. The molecule has 2 fully saturated rings. The first kappa shape index (κ1) is 16.0. The van der Waals surface area contributed by atoms with E-state index in [1.807, 2.05) is 0 Å². The highest BCUT2D eigenvalue weighted by Gasteiger charge is 2.41.